The average Bonchev–Trinajstić information content (AvgIpc) is 3.37. The Morgan fingerprint density at radius 1 is 1.08 bits per heavy atom. The summed E-state index contributed by atoms with van der Waals surface area (Å²) in [5.74, 6) is -1.55. The van der Waals surface area contributed by atoms with Crippen LogP contribution in [0.15, 0.2) is 71.1 Å². The van der Waals surface area contributed by atoms with E-state index in [0.717, 1.165) is 5.57 Å². The van der Waals surface area contributed by atoms with Gasteiger partial charge in [-0.2, -0.15) is 0 Å². The van der Waals surface area contributed by atoms with E-state index in [0.29, 0.717) is 41.6 Å². The van der Waals surface area contributed by atoms with E-state index in [-0.39, 0.29) is 11.0 Å². The molecule has 5 rings (SSSR count). The summed E-state index contributed by atoms with van der Waals surface area (Å²) in [4.78, 5) is 13.0. The molecule has 1 aromatic heterocycles. The highest BCUT2D eigenvalue weighted by Gasteiger charge is 2.40. The molecule has 2 atom stereocenters. The fourth-order valence-electron chi connectivity index (χ4n) is 5.01. The van der Waals surface area contributed by atoms with Gasteiger partial charge in [0, 0.05) is 16.6 Å². The van der Waals surface area contributed by atoms with E-state index in [2.05, 4.69) is 5.32 Å². The molecule has 1 fully saturated rings. The molecule has 0 unspecified atom stereocenters. The number of benzene rings is 2. The quantitative estimate of drug-likeness (QED) is 0.327. The van der Waals surface area contributed by atoms with E-state index >= 15 is 0 Å². The van der Waals surface area contributed by atoms with Gasteiger partial charge in [0.15, 0.2) is 5.79 Å². The van der Waals surface area contributed by atoms with Crippen LogP contribution in [0.25, 0.3) is 10.9 Å². The Morgan fingerprint density at radius 3 is 2.41 bits per heavy atom. The maximum atomic E-state index is 13.9. The fraction of sp³-hybridized carbons (Fsp3) is 0.346. The van der Waals surface area contributed by atoms with Gasteiger partial charge in [-0.05, 0) is 50.5 Å². The molecule has 1 N–H and O–H groups in total. The van der Waals surface area contributed by atoms with E-state index < -0.39 is 31.6 Å². The molecule has 2 heterocycles. The SMILES string of the molecule is CC1(C)OC[C@H](/C=C2\CCc3c(c4ccccc4n3S(=O)(=O)c3ccccc3)[C@H]2NC(=O)C(Cl)(Cl)Cl)O1. The van der Waals surface area contributed by atoms with Crippen molar-refractivity contribution in [2.45, 2.75) is 53.3 Å². The first-order valence-electron chi connectivity index (χ1n) is 11.7. The molecule has 0 radical (unpaired) electrons. The third kappa shape index (κ3) is 5.03. The monoisotopic (exact) mass is 582 g/mol. The van der Waals surface area contributed by atoms with E-state index in [4.69, 9.17) is 44.3 Å². The number of carbonyl (C=O) groups is 1. The van der Waals surface area contributed by atoms with Crippen molar-refractivity contribution >= 4 is 61.6 Å². The van der Waals surface area contributed by atoms with Crippen molar-refractivity contribution in [1.82, 2.24) is 9.29 Å². The molecule has 2 aliphatic rings. The predicted molar refractivity (Wildman–Crippen MR) is 143 cm³/mol. The highest BCUT2D eigenvalue weighted by Crippen LogP contribution is 2.43. The Hall–Kier alpha value is -2.07. The summed E-state index contributed by atoms with van der Waals surface area (Å²) in [5, 5.41) is 3.53. The van der Waals surface area contributed by atoms with Crippen LogP contribution in [0.1, 0.15) is 37.6 Å². The van der Waals surface area contributed by atoms with Crippen LogP contribution in [0.5, 0.6) is 0 Å². The van der Waals surface area contributed by atoms with Crippen LogP contribution >= 0.6 is 34.8 Å². The van der Waals surface area contributed by atoms with Gasteiger partial charge in [-0.1, -0.05) is 77.3 Å². The zero-order chi connectivity index (χ0) is 26.6. The van der Waals surface area contributed by atoms with Gasteiger partial charge in [0.05, 0.1) is 23.1 Å². The number of fused-ring (bicyclic) bond motifs is 3. The largest absolute Gasteiger partial charge is 0.347 e. The summed E-state index contributed by atoms with van der Waals surface area (Å²) in [5.41, 5.74) is 2.54. The molecule has 1 amide bonds. The maximum Gasteiger partial charge on any atom is 0.272 e. The Bertz CT molecular complexity index is 1490. The van der Waals surface area contributed by atoms with Crippen molar-refractivity contribution in [1.29, 1.82) is 0 Å². The minimum Gasteiger partial charge on any atom is -0.347 e. The first-order valence-corrected chi connectivity index (χ1v) is 14.3. The van der Waals surface area contributed by atoms with Crippen LogP contribution < -0.4 is 5.32 Å². The van der Waals surface area contributed by atoms with Crippen LogP contribution in [0.2, 0.25) is 0 Å². The van der Waals surface area contributed by atoms with Gasteiger partial charge in [0.25, 0.3) is 19.7 Å². The number of ether oxygens (including phenoxy) is 2. The number of nitrogens with zero attached hydrogens (tertiary/aromatic N) is 1. The Morgan fingerprint density at radius 2 is 1.76 bits per heavy atom. The number of hydrogen-bond donors (Lipinski definition) is 1. The van der Waals surface area contributed by atoms with Gasteiger partial charge < -0.3 is 14.8 Å². The Labute approximate surface area is 230 Å². The molecule has 3 aromatic rings. The smallest absolute Gasteiger partial charge is 0.272 e. The summed E-state index contributed by atoms with van der Waals surface area (Å²) in [6, 6.07) is 14.7. The second-order valence-electron chi connectivity index (χ2n) is 9.47. The number of rotatable bonds is 4. The van der Waals surface area contributed by atoms with Gasteiger partial charge in [0.2, 0.25) is 0 Å². The van der Waals surface area contributed by atoms with E-state index in [1.807, 2.05) is 32.1 Å². The van der Waals surface area contributed by atoms with Gasteiger partial charge >= 0.3 is 0 Å². The molecule has 11 heteroatoms. The molecular formula is C26H25Cl3N2O5S. The minimum absolute atomic E-state index is 0.167. The van der Waals surface area contributed by atoms with Crippen LogP contribution in [0.3, 0.4) is 0 Å². The molecule has 7 nitrogen and oxygen atoms in total. The Kier molecular flexibility index (Phi) is 6.88. The third-order valence-electron chi connectivity index (χ3n) is 6.52. The number of para-hydroxylation sites is 1. The van der Waals surface area contributed by atoms with Crippen LogP contribution in [-0.2, 0) is 30.7 Å². The molecule has 2 aromatic carbocycles. The molecule has 37 heavy (non-hydrogen) atoms. The zero-order valence-corrected chi connectivity index (χ0v) is 23.2. The van der Waals surface area contributed by atoms with Crippen molar-refractivity contribution < 1.29 is 22.7 Å². The number of nitrogens with one attached hydrogen (secondary N) is 1. The number of hydrogen-bond acceptors (Lipinski definition) is 5. The summed E-state index contributed by atoms with van der Waals surface area (Å²) < 4.78 is 38.6. The van der Waals surface area contributed by atoms with Crippen LogP contribution in [0, 0.1) is 0 Å². The lowest BCUT2D eigenvalue weighted by molar-refractivity contribution is -0.133. The number of alkyl halides is 3. The zero-order valence-electron chi connectivity index (χ0n) is 20.1. The first kappa shape index (κ1) is 26.5. The number of halogens is 3. The summed E-state index contributed by atoms with van der Waals surface area (Å²) in [6.07, 6.45) is 2.44. The fourth-order valence-corrected chi connectivity index (χ4v) is 6.78. The predicted octanol–water partition coefficient (Wildman–Crippen LogP) is 5.43. The highest BCUT2D eigenvalue weighted by atomic mass is 35.6. The molecule has 0 spiro atoms. The van der Waals surface area contributed by atoms with E-state index in [1.54, 1.807) is 42.5 Å². The van der Waals surface area contributed by atoms with Crippen LogP contribution in [-0.4, -0.2) is 40.6 Å². The molecule has 0 saturated carbocycles. The first-order chi connectivity index (χ1) is 17.4. The molecule has 1 saturated heterocycles. The summed E-state index contributed by atoms with van der Waals surface area (Å²) >= 11 is 17.7. The van der Waals surface area contributed by atoms with E-state index in [9.17, 15) is 13.2 Å². The second-order valence-corrected chi connectivity index (χ2v) is 13.5. The van der Waals surface area contributed by atoms with Gasteiger partial charge in [-0.3, -0.25) is 4.79 Å². The standard InChI is InChI=1S/C26H25Cl3N2O5S/c1-25(2)35-15-17(36-25)14-16-12-13-21-22(23(16)30-24(32)26(27,28)29)19-10-6-7-11-20(19)31(21)37(33,34)18-8-4-3-5-9-18/h3-11,14,17,23H,12-13,15H2,1-2H3,(H,30,32)/b16-14+/t17-,23-/m0/s1. The van der Waals surface area contributed by atoms with Crippen molar-refractivity contribution in [3.05, 3.63) is 77.5 Å². The maximum absolute atomic E-state index is 13.9. The Balaban J connectivity index is 1.70. The lowest BCUT2D eigenvalue weighted by Gasteiger charge is -2.30. The van der Waals surface area contributed by atoms with Gasteiger partial charge in [-0.15, -0.1) is 0 Å². The van der Waals surface area contributed by atoms with Crippen LogP contribution in [0.4, 0.5) is 0 Å². The molecule has 196 valence electrons. The third-order valence-corrected chi connectivity index (χ3v) is 8.80. The van der Waals surface area contributed by atoms with E-state index in [1.165, 1.54) is 3.97 Å². The van der Waals surface area contributed by atoms with Crippen molar-refractivity contribution in [2.24, 2.45) is 0 Å². The minimum atomic E-state index is -3.94. The molecule has 1 aliphatic heterocycles. The average molecular weight is 584 g/mol. The van der Waals surface area contributed by atoms with Gasteiger partial charge in [-0.25, -0.2) is 12.4 Å². The van der Waals surface area contributed by atoms with Gasteiger partial charge in [0.1, 0.15) is 6.10 Å². The molecular weight excluding hydrogens is 559 g/mol. The normalized spacial score (nSPS) is 22.8. The van der Waals surface area contributed by atoms with Crippen molar-refractivity contribution in [3.63, 3.8) is 0 Å². The molecule has 1 aliphatic carbocycles. The lowest BCUT2D eigenvalue weighted by Crippen LogP contribution is -2.40. The highest BCUT2D eigenvalue weighted by molar-refractivity contribution is 7.90. The number of carbonyl (C=O) groups excluding carboxylic acids is 1. The number of aromatic nitrogens is 1. The number of amides is 1. The lowest BCUT2D eigenvalue weighted by atomic mass is 9.85. The topological polar surface area (TPSA) is 86.6 Å². The molecule has 0 bridgehead atoms. The second kappa shape index (κ2) is 9.59. The summed E-state index contributed by atoms with van der Waals surface area (Å²) in [6.45, 7) is 4.00. The van der Waals surface area contributed by atoms with Crippen molar-refractivity contribution in [2.75, 3.05) is 6.61 Å². The summed E-state index contributed by atoms with van der Waals surface area (Å²) in [7, 11) is -3.94. The van der Waals surface area contributed by atoms with Crippen molar-refractivity contribution in [3.8, 4) is 0 Å².